The predicted octanol–water partition coefficient (Wildman–Crippen LogP) is 1.62. The van der Waals surface area contributed by atoms with Crippen molar-refractivity contribution in [2.75, 3.05) is 31.3 Å². The quantitative estimate of drug-likeness (QED) is 0.567. The van der Waals surface area contributed by atoms with Gasteiger partial charge in [-0.25, -0.2) is 8.42 Å². The van der Waals surface area contributed by atoms with Crippen LogP contribution in [0.4, 0.5) is 0 Å². The van der Waals surface area contributed by atoms with Crippen molar-refractivity contribution < 1.29 is 27.5 Å². The Labute approximate surface area is 153 Å². The number of ether oxygens (including phenoxy) is 2. The van der Waals surface area contributed by atoms with E-state index in [2.05, 4.69) is 0 Å². The molecule has 0 aliphatic carbocycles. The average Bonchev–Trinajstić information content (AvgIpc) is 3.11. The van der Waals surface area contributed by atoms with E-state index < -0.39 is 9.84 Å². The maximum atomic E-state index is 12.5. The molecule has 2 aliphatic rings. The molecule has 2 aliphatic heterocycles. The molecule has 0 aromatic carbocycles. The Balaban J connectivity index is 1.66. The second-order valence-electron chi connectivity index (χ2n) is 7.13. The summed E-state index contributed by atoms with van der Waals surface area (Å²) >= 11 is 0. The monoisotopic (exact) mass is 383 g/mol. The van der Waals surface area contributed by atoms with Gasteiger partial charge in [0.15, 0.2) is 16.4 Å². The van der Waals surface area contributed by atoms with Crippen LogP contribution in [0.3, 0.4) is 0 Å². The van der Waals surface area contributed by atoms with E-state index in [9.17, 15) is 18.0 Å². The van der Waals surface area contributed by atoms with Crippen molar-refractivity contribution in [1.29, 1.82) is 0 Å². The minimum absolute atomic E-state index is 0.107. The van der Waals surface area contributed by atoms with Crippen LogP contribution in [0.5, 0.6) is 0 Å². The average molecular weight is 383 g/mol. The lowest BCUT2D eigenvalue weighted by Gasteiger charge is -2.20. The smallest absolute Gasteiger partial charge is 0.309 e. The van der Waals surface area contributed by atoms with Gasteiger partial charge < -0.3 is 14.0 Å². The van der Waals surface area contributed by atoms with Crippen molar-refractivity contribution in [2.45, 2.75) is 39.2 Å². The number of nitrogens with zero attached hydrogens (tertiary/aromatic N) is 1. The van der Waals surface area contributed by atoms with Crippen molar-refractivity contribution >= 4 is 21.6 Å². The van der Waals surface area contributed by atoms with E-state index in [1.807, 2.05) is 18.4 Å². The minimum atomic E-state index is -3.01. The summed E-state index contributed by atoms with van der Waals surface area (Å²) in [5.74, 6) is -0.521. The summed E-state index contributed by atoms with van der Waals surface area (Å²) in [4.78, 5) is 24.6. The van der Waals surface area contributed by atoms with E-state index in [4.69, 9.17) is 9.47 Å². The molecule has 0 amide bonds. The fourth-order valence-electron chi connectivity index (χ4n) is 3.87. The first-order valence-electron chi connectivity index (χ1n) is 8.95. The molecule has 3 rings (SSSR count). The predicted molar refractivity (Wildman–Crippen MR) is 95.0 cm³/mol. The Morgan fingerprint density at radius 1 is 1.23 bits per heavy atom. The molecule has 1 aromatic rings. The summed E-state index contributed by atoms with van der Waals surface area (Å²) in [7, 11) is -3.01. The number of ketones is 1. The molecule has 1 unspecified atom stereocenters. The van der Waals surface area contributed by atoms with Gasteiger partial charge in [0, 0.05) is 36.2 Å². The number of carbonyl (C=O) groups excluding carboxylic acids is 2. The Bertz CT molecular complexity index is 804. The van der Waals surface area contributed by atoms with Gasteiger partial charge in [0.2, 0.25) is 5.78 Å². The van der Waals surface area contributed by atoms with Crippen LogP contribution in [-0.4, -0.2) is 56.1 Å². The van der Waals surface area contributed by atoms with Gasteiger partial charge in [0.25, 0.3) is 0 Å². The number of aromatic nitrogens is 1. The first-order valence-corrected chi connectivity index (χ1v) is 10.8. The number of sulfone groups is 1. The van der Waals surface area contributed by atoms with Crippen LogP contribution in [0.2, 0.25) is 0 Å². The van der Waals surface area contributed by atoms with Gasteiger partial charge >= 0.3 is 5.97 Å². The van der Waals surface area contributed by atoms with Crippen molar-refractivity contribution in [1.82, 2.24) is 4.57 Å². The normalized spacial score (nSPS) is 23.1. The molecule has 8 heteroatoms. The van der Waals surface area contributed by atoms with Crippen molar-refractivity contribution in [2.24, 2.45) is 5.92 Å². The third-order valence-corrected chi connectivity index (χ3v) is 7.01. The zero-order valence-electron chi connectivity index (χ0n) is 15.2. The fourth-order valence-corrected chi connectivity index (χ4v) is 5.57. The largest absolute Gasteiger partial charge is 0.457 e. The first kappa shape index (κ1) is 19.1. The van der Waals surface area contributed by atoms with Crippen molar-refractivity contribution in [3.63, 3.8) is 0 Å². The fraction of sp³-hybridized carbons (Fsp3) is 0.667. The minimum Gasteiger partial charge on any atom is -0.457 e. The van der Waals surface area contributed by atoms with E-state index in [-0.39, 0.29) is 41.8 Å². The van der Waals surface area contributed by atoms with Gasteiger partial charge in [-0.1, -0.05) is 0 Å². The molecule has 2 saturated heterocycles. The van der Waals surface area contributed by atoms with Gasteiger partial charge in [0.1, 0.15) is 0 Å². The standard InChI is InChI=1S/C18H25NO6S/c1-12-9-16(13(2)19(12)15-5-8-26(22,23)11-15)17(20)10-25-18(21)14-3-6-24-7-4-14/h9,14-15H,3-8,10-11H2,1-2H3. The first-order chi connectivity index (χ1) is 12.3. The molecule has 1 aromatic heterocycles. The molecule has 0 saturated carbocycles. The van der Waals surface area contributed by atoms with Crippen LogP contribution in [-0.2, 0) is 24.1 Å². The number of esters is 1. The zero-order chi connectivity index (χ0) is 18.9. The lowest BCUT2D eigenvalue weighted by Crippen LogP contribution is -2.27. The molecule has 0 radical (unpaired) electrons. The zero-order valence-corrected chi connectivity index (χ0v) is 16.0. The SMILES string of the molecule is Cc1cc(C(=O)COC(=O)C2CCOCC2)c(C)n1C1CCS(=O)(=O)C1. The second kappa shape index (κ2) is 7.52. The number of hydrogen-bond donors (Lipinski definition) is 0. The highest BCUT2D eigenvalue weighted by Crippen LogP contribution is 2.29. The highest BCUT2D eigenvalue weighted by Gasteiger charge is 2.32. The van der Waals surface area contributed by atoms with Gasteiger partial charge in [-0.2, -0.15) is 0 Å². The van der Waals surface area contributed by atoms with Crippen LogP contribution in [0, 0.1) is 19.8 Å². The third-order valence-electron chi connectivity index (χ3n) is 5.26. The third kappa shape index (κ3) is 4.01. The van der Waals surface area contributed by atoms with Crippen molar-refractivity contribution in [3.8, 4) is 0 Å². The molecular weight excluding hydrogens is 358 g/mol. The van der Waals surface area contributed by atoms with Gasteiger partial charge in [0.05, 0.1) is 17.4 Å². The topological polar surface area (TPSA) is 91.7 Å². The number of hydrogen-bond acceptors (Lipinski definition) is 6. The molecule has 0 spiro atoms. The molecule has 3 heterocycles. The molecule has 7 nitrogen and oxygen atoms in total. The van der Waals surface area contributed by atoms with Crippen LogP contribution in [0.1, 0.15) is 47.1 Å². The second-order valence-corrected chi connectivity index (χ2v) is 9.36. The summed E-state index contributed by atoms with van der Waals surface area (Å²) in [5.41, 5.74) is 2.08. The molecule has 144 valence electrons. The van der Waals surface area contributed by atoms with Gasteiger partial charge in [-0.3, -0.25) is 9.59 Å². The Morgan fingerprint density at radius 3 is 2.54 bits per heavy atom. The van der Waals surface area contributed by atoms with E-state index in [1.54, 1.807) is 6.07 Å². The summed E-state index contributed by atoms with van der Waals surface area (Å²) in [6.07, 6.45) is 1.81. The summed E-state index contributed by atoms with van der Waals surface area (Å²) in [5, 5.41) is 0. The number of aryl methyl sites for hydroxylation is 1. The Morgan fingerprint density at radius 2 is 1.92 bits per heavy atom. The van der Waals surface area contributed by atoms with E-state index in [0.717, 1.165) is 11.4 Å². The number of rotatable bonds is 5. The van der Waals surface area contributed by atoms with E-state index >= 15 is 0 Å². The van der Waals surface area contributed by atoms with Gasteiger partial charge in [-0.05, 0) is 39.2 Å². The Kier molecular flexibility index (Phi) is 5.53. The lowest BCUT2D eigenvalue weighted by atomic mass is 10.0. The van der Waals surface area contributed by atoms with Crippen LogP contribution >= 0.6 is 0 Å². The summed E-state index contributed by atoms with van der Waals surface area (Å²) in [6.45, 7) is 4.47. The maximum Gasteiger partial charge on any atom is 0.309 e. The molecule has 26 heavy (non-hydrogen) atoms. The molecule has 1 atom stereocenters. The summed E-state index contributed by atoms with van der Waals surface area (Å²) < 4.78 is 35.9. The molecular formula is C18H25NO6S. The van der Waals surface area contributed by atoms with Crippen molar-refractivity contribution in [3.05, 3.63) is 23.0 Å². The van der Waals surface area contributed by atoms with Crippen LogP contribution < -0.4 is 0 Å². The number of carbonyl (C=O) groups is 2. The number of Topliss-reactive ketones (excluding diaryl/α,β-unsaturated/α-hetero) is 1. The van der Waals surface area contributed by atoms with Gasteiger partial charge in [-0.15, -0.1) is 0 Å². The Hall–Kier alpha value is -1.67. The lowest BCUT2D eigenvalue weighted by molar-refractivity contribution is -0.150. The highest BCUT2D eigenvalue weighted by molar-refractivity contribution is 7.91. The van der Waals surface area contributed by atoms with E-state index in [1.165, 1.54) is 0 Å². The molecule has 2 fully saturated rings. The summed E-state index contributed by atoms with van der Waals surface area (Å²) in [6, 6.07) is 1.62. The molecule has 0 N–H and O–H groups in total. The van der Waals surface area contributed by atoms with E-state index in [0.29, 0.717) is 38.0 Å². The van der Waals surface area contributed by atoms with Crippen LogP contribution in [0.25, 0.3) is 0 Å². The maximum absolute atomic E-state index is 12.5. The van der Waals surface area contributed by atoms with Crippen LogP contribution in [0.15, 0.2) is 6.07 Å². The highest BCUT2D eigenvalue weighted by atomic mass is 32.2. The molecule has 0 bridgehead atoms.